The molecule has 2 aromatic carbocycles. The second-order valence-electron chi connectivity index (χ2n) is 10.1. The number of hydrogen-bond donors (Lipinski definition) is 5. The molecule has 0 saturated carbocycles. The predicted octanol–water partition coefficient (Wildman–Crippen LogP) is 1.31. The van der Waals surface area contributed by atoms with Crippen LogP contribution in [0.2, 0.25) is 0 Å². The summed E-state index contributed by atoms with van der Waals surface area (Å²) < 4.78 is 15.0. The van der Waals surface area contributed by atoms with E-state index in [2.05, 4.69) is 15.9 Å². The number of H-pyrrole nitrogens is 1. The number of nitrogens with one attached hydrogen (secondary N) is 1. The number of ketones is 1. The molecule has 0 unspecified atom stereocenters. The van der Waals surface area contributed by atoms with Gasteiger partial charge in [0.2, 0.25) is 17.2 Å². The van der Waals surface area contributed by atoms with Crippen LogP contribution in [-0.2, 0) is 25.7 Å². The van der Waals surface area contributed by atoms with Gasteiger partial charge in [-0.15, -0.1) is 6.42 Å². The van der Waals surface area contributed by atoms with Gasteiger partial charge in [0, 0.05) is 25.8 Å². The maximum Gasteiger partial charge on any atom is 0.339 e. The standard InChI is InChI=1S/C30H30FN5O9/c1-3-14-35(16-18-8-10-23-20(15-18)27(41)34-17(2)33-23)36(24(37)11-9-22(32)28(42)43)30(29(44)45,13-12-25(38)39)26(40)19-6-4-5-7-21(19)31/h1,4-8,10,15,22H,9,11-14,16,32H2,2H3,(H,38,39)(H,42,43)(H,44,45)(H,33,34,41)/t22-,30-/m0/s1. The van der Waals surface area contributed by atoms with Gasteiger partial charge >= 0.3 is 17.9 Å². The number of Topliss-reactive ketones (excluding diaryl/α,β-unsaturated/α-hetero) is 1. The summed E-state index contributed by atoms with van der Waals surface area (Å²) >= 11 is 0. The third kappa shape index (κ3) is 7.55. The number of amides is 1. The molecule has 236 valence electrons. The van der Waals surface area contributed by atoms with Gasteiger partial charge in [0.15, 0.2) is 0 Å². The first kappa shape index (κ1) is 34.0. The highest BCUT2D eigenvalue weighted by Crippen LogP contribution is 2.32. The zero-order chi connectivity index (χ0) is 33.5. The average molecular weight is 624 g/mol. The maximum absolute atomic E-state index is 15.0. The van der Waals surface area contributed by atoms with Gasteiger partial charge in [0.1, 0.15) is 17.7 Å². The van der Waals surface area contributed by atoms with Crippen LogP contribution in [0.15, 0.2) is 47.3 Å². The van der Waals surface area contributed by atoms with Crippen LogP contribution >= 0.6 is 0 Å². The topological polar surface area (TPSA) is 224 Å². The Labute approximate surface area is 255 Å². The lowest BCUT2D eigenvalue weighted by atomic mass is 9.83. The summed E-state index contributed by atoms with van der Waals surface area (Å²) in [5.41, 5.74) is 1.89. The van der Waals surface area contributed by atoms with Crippen LogP contribution in [0.5, 0.6) is 0 Å². The highest BCUT2D eigenvalue weighted by molar-refractivity contribution is 6.18. The van der Waals surface area contributed by atoms with Crippen LogP contribution in [0, 0.1) is 25.1 Å². The lowest BCUT2D eigenvalue weighted by Gasteiger charge is -2.45. The van der Waals surface area contributed by atoms with Crippen molar-refractivity contribution in [1.29, 1.82) is 0 Å². The van der Waals surface area contributed by atoms with Crippen LogP contribution < -0.4 is 11.3 Å². The second-order valence-corrected chi connectivity index (χ2v) is 10.1. The van der Waals surface area contributed by atoms with Crippen molar-refractivity contribution in [3.63, 3.8) is 0 Å². The number of hydrazine groups is 1. The Balaban J connectivity index is 2.29. The average Bonchev–Trinajstić information content (AvgIpc) is 2.97. The first-order valence-electron chi connectivity index (χ1n) is 13.5. The van der Waals surface area contributed by atoms with E-state index in [1.807, 2.05) is 0 Å². The minimum atomic E-state index is -3.07. The molecule has 14 nitrogen and oxygen atoms in total. The van der Waals surface area contributed by atoms with E-state index in [0.717, 1.165) is 17.1 Å². The van der Waals surface area contributed by atoms with Crippen molar-refractivity contribution in [2.24, 2.45) is 5.73 Å². The Morgan fingerprint density at radius 2 is 1.80 bits per heavy atom. The van der Waals surface area contributed by atoms with Crippen LogP contribution in [0.25, 0.3) is 10.9 Å². The molecule has 6 N–H and O–H groups in total. The van der Waals surface area contributed by atoms with E-state index in [0.29, 0.717) is 21.9 Å². The number of carboxylic acids is 3. The summed E-state index contributed by atoms with van der Waals surface area (Å²) in [6, 6.07) is 7.22. The molecule has 1 heterocycles. The van der Waals surface area contributed by atoms with E-state index in [1.54, 1.807) is 6.92 Å². The number of aryl methyl sites for hydroxylation is 1. The number of fused-ring (bicyclic) bond motifs is 1. The Morgan fingerprint density at radius 3 is 2.40 bits per heavy atom. The van der Waals surface area contributed by atoms with Crippen molar-refractivity contribution in [1.82, 2.24) is 20.0 Å². The Morgan fingerprint density at radius 1 is 1.11 bits per heavy atom. The first-order valence-corrected chi connectivity index (χ1v) is 13.5. The molecule has 15 heteroatoms. The fourth-order valence-corrected chi connectivity index (χ4v) is 4.80. The number of halogens is 1. The van der Waals surface area contributed by atoms with Crippen molar-refractivity contribution in [3.8, 4) is 12.3 Å². The van der Waals surface area contributed by atoms with Gasteiger partial charge in [-0.3, -0.25) is 24.0 Å². The molecule has 2 atom stereocenters. The van der Waals surface area contributed by atoms with Crippen LogP contribution in [0.1, 0.15) is 47.4 Å². The molecular formula is C30H30FN5O9. The molecule has 1 aromatic heterocycles. The number of nitrogens with zero attached hydrogens (tertiary/aromatic N) is 3. The number of rotatable bonds is 15. The molecule has 1 amide bonds. The summed E-state index contributed by atoms with van der Waals surface area (Å²) in [4.78, 5) is 83.7. The number of terminal acetylenes is 1. The Bertz CT molecular complexity index is 1750. The largest absolute Gasteiger partial charge is 0.481 e. The Kier molecular flexibility index (Phi) is 10.8. The monoisotopic (exact) mass is 623 g/mol. The third-order valence-corrected chi connectivity index (χ3v) is 6.94. The van der Waals surface area contributed by atoms with Gasteiger partial charge in [-0.25, -0.2) is 24.2 Å². The molecule has 3 aromatic rings. The summed E-state index contributed by atoms with van der Waals surface area (Å²) in [5, 5.41) is 31.0. The Hall–Kier alpha value is -5.46. The summed E-state index contributed by atoms with van der Waals surface area (Å²) in [7, 11) is 0. The van der Waals surface area contributed by atoms with E-state index >= 15 is 0 Å². The molecule has 0 aliphatic heterocycles. The SMILES string of the molecule is C#CCN(Cc1ccc2nc(C)[nH]c(=O)c2c1)N(C(=O)CC[C@H](N)C(=O)O)[C@](CCC(=O)O)(C(=O)O)C(=O)c1ccccc1F. The number of carbonyl (C=O) groups excluding carboxylic acids is 2. The molecule has 0 aliphatic rings. The molecule has 45 heavy (non-hydrogen) atoms. The zero-order valence-electron chi connectivity index (χ0n) is 24.0. The number of hydrogen-bond acceptors (Lipinski definition) is 9. The molecular weight excluding hydrogens is 593 g/mol. The number of carboxylic acid groups (broad SMARTS) is 3. The highest BCUT2D eigenvalue weighted by Gasteiger charge is 2.56. The fraction of sp³-hybridized carbons (Fsp3) is 0.300. The summed E-state index contributed by atoms with van der Waals surface area (Å²) in [6.45, 7) is 0.638. The van der Waals surface area contributed by atoms with Crippen molar-refractivity contribution in [2.75, 3.05) is 6.54 Å². The van der Waals surface area contributed by atoms with E-state index in [-0.39, 0.29) is 5.39 Å². The molecule has 0 bridgehead atoms. The summed E-state index contributed by atoms with van der Waals surface area (Å²) in [6.07, 6.45) is 2.38. The van der Waals surface area contributed by atoms with Crippen molar-refractivity contribution in [3.05, 3.63) is 75.6 Å². The molecule has 0 saturated heterocycles. The van der Waals surface area contributed by atoms with Gasteiger partial charge in [-0.2, -0.15) is 0 Å². The van der Waals surface area contributed by atoms with Gasteiger partial charge in [0.05, 0.1) is 23.0 Å². The van der Waals surface area contributed by atoms with Crippen molar-refractivity contribution in [2.45, 2.75) is 50.7 Å². The third-order valence-electron chi connectivity index (χ3n) is 6.94. The minimum absolute atomic E-state index is 0.141. The van der Waals surface area contributed by atoms with Gasteiger partial charge in [0.25, 0.3) is 5.56 Å². The van der Waals surface area contributed by atoms with Crippen LogP contribution in [-0.4, -0.2) is 83.0 Å². The highest BCUT2D eigenvalue weighted by atomic mass is 19.1. The molecule has 0 fully saturated rings. The van der Waals surface area contributed by atoms with Gasteiger partial charge < -0.3 is 26.0 Å². The molecule has 3 rings (SSSR count). The van der Waals surface area contributed by atoms with Crippen molar-refractivity contribution < 1.29 is 43.7 Å². The van der Waals surface area contributed by atoms with Crippen LogP contribution in [0.3, 0.4) is 0 Å². The van der Waals surface area contributed by atoms with E-state index in [1.165, 1.54) is 30.3 Å². The predicted molar refractivity (Wildman–Crippen MR) is 156 cm³/mol. The number of carbonyl (C=O) groups is 5. The molecule has 0 aliphatic carbocycles. The number of aromatic amines is 1. The maximum atomic E-state index is 15.0. The fourth-order valence-electron chi connectivity index (χ4n) is 4.80. The number of benzene rings is 2. The van der Waals surface area contributed by atoms with Gasteiger partial charge in [-0.1, -0.05) is 24.1 Å². The van der Waals surface area contributed by atoms with Crippen molar-refractivity contribution >= 4 is 40.5 Å². The normalized spacial score (nSPS) is 13.0. The smallest absolute Gasteiger partial charge is 0.339 e. The van der Waals surface area contributed by atoms with Gasteiger partial charge in [-0.05, 0) is 43.2 Å². The minimum Gasteiger partial charge on any atom is -0.481 e. The van der Waals surface area contributed by atoms with E-state index in [4.69, 9.17) is 12.2 Å². The molecule has 0 radical (unpaired) electrons. The second kappa shape index (κ2) is 14.3. The van der Waals surface area contributed by atoms with Crippen LogP contribution in [0.4, 0.5) is 4.39 Å². The van der Waals surface area contributed by atoms with E-state index < -0.39 is 96.9 Å². The zero-order valence-corrected chi connectivity index (χ0v) is 24.0. The quantitative estimate of drug-likeness (QED) is 0.0699. The number of aromatic nitrogens is 2. The lowest BCUT2D eigenvalue weighted by molar-refractivity contribution is -0.179. The molecule has 0 spiro atoms. The number of aliphatic carboxylic acids is 3. The summed E-state index contributed by atoms with van der Waals surface area (Å²) in [5.74, 6) is -6.11. The first-order chi connectivity index (χ1) is 21.2. The number of nitrogens with two attached hydrogens (primary N) is 1. The lowest BCUT2D eigenvalue weighted by Crippen LogP contribution is -2.67. The van der Waals surface area contributed by atoms with E-state index in [9.17, 15) is 48.5 Å².